The van der Waals surface area contributed by atoms with Crippen molar-refractivity contribution in [2.75, 3.05) is 13.2 Å². The van der Waals surface area contributed by atoms with Gasteiger partial charge in [0.1, 0.15) is 5.60 Å². The molecule has 1 rings (SSSR count). The fraction of sp³-hybridized carbons (Fsp3) is 0.929. The van der Waals surface area contributed by atoms with E-state index in [4.69, 9.17) is 9.47 Å². The summed E-state index contributed by atoms with van der Waals surface area (Å²) in [7, 11) is 0. The molecule has 1 fully saturated rings. The van der Waals surface area contributed by atoms with Gasteiger partial charge in [-0.05, 0) is 47.5 Å². The summed E-state index contributed by atoms with van der Waals surface area (Å²) >= 11 is 0. The molecule has 0 aromatic carbocycles. The maximum Gasteiger partial charge on any atom is 0.407 e. The largest absolute Gasteiger partial charge is 0.444 e. The monoisotopic (exact) mass is 272 g/mol. The van der Waals surface area contributed by atoms with Gasteiger partial charge in [-0.25, -0.2) is 4.79 Å². The summed E-state index contributed by atoms with van der Waals surface area (Å²) in [5.41, 5.74) is -0.433. The Bertz CT molecular complexity index is 283. The van der Waals surface area contributed by atoms with E-state index in [1.54, 1.807) is 0 Å². The van der Waals surface area contributed by atoms with Gasteiger partial charge < -0.3 is 20.1 Å². The fourth-order valence-electron chi connectivity index (χ4n) is 2.09. The van der Waals surface area contributed by atoms with E-state index in [2.05, 4.69) is 17.6 Å². The molecule has 1 unspecified atom stereocenters. The van der Waals surface area contributed by atoms with Gasteiger partial charge in [-0.1, -0.05) is 0 Å². The molecule has 1 aliphatic rings. The van der Waals surface area contributed by atoms with Crippen LogP contribution in [0.25, 0.3) is 0 Å². The highest BCUT2D eigenvalue weighted by Gasteiger charge is 2.32. The maximum absolute atomic E-state index is 11.6. The van der Waals surface area contributed by atoms with E-state index in [9.17, 15) is 4.79 Å². The molecule has 1 atom stereocenters. The van der Waals surface area contributed by atoms with Crippen LogP contribution >= 0.6 is 0 Å². The molecule has 1 aliphatic carbocycles. The normalized spacial score (nSPS) is 24.5. The van der Waals surface area contributed by atoms with Crippen molar-refractivity contribution in [3.05, 3.63) is 0 Å². The summed E-state index contributed by atoms with van der Waals surface area (Å²) in [6, 6.07) is 1.05. The quantitative estimate of drug-likeness (QED) is 0.777. The predicted molar refractivity (Wildman–Crippen MR) is 75.3 cm³/mol. The van der Waals surface area contributed by atoms with Gasteiger partial charge in [-0.3, -0.25) is 0 Å². The minimum atomic E-state index is -0.433. The average Bonchev–Trinajstić information content (AvgIpc) is 2.20. The molecule has 0 bridgehead atoms. The molecule has 112 valence electrons. The first-order valence-corrected chi connectivity index (χ1v) is 7.13. The molecule has 19 heavy (non-hydrogen) atoms. The van der Waals surface area contributed by atoms with Crippen molar-refractivity contribution in [3.8, 4) is 0 Å². The summed E-state index contributed by atoms with van der Waals surface area (Å²) in [6.45, 7) is 11.2. The first-order chi connectivity index (χ1) is 8.80. The highest BCUT2D eigenvalue weighted by Crippen LogP contribution is 2.21. The number of carbonyl (C=O) groups excluding carboxylic acids is 1. The Morgan fingerprint density at radius 3 is 2.47 bits per heavy atom. The minimum absolute atomic E-state index is 0.228. The lowest BCUT2D eigenvalue weighted by Crippen LogP contribution is -2.55. The summed E-state index contributed by atoms with van der Waals surface area (Å²) in [5, 5.41) is 6.37. The van der Waals surface area contributed by atoms with Crippen molar-refractivity contribution in [3.63, 3.8) is 0 Å². The zero-order chi connectivity index (χ0) is 14.5. The maximum atomic E-state index is 11.6. The molecule has 1 amide bonds. The molecule has 0 heterocycles. The van der Waals surface area contributed by atoms with Crippen LogP contribution in [0.15, 0.2) is 0 Å². The Hall–Kier alpha value is -0.810. The zero-order valence-corrected chi connectivity index (χ0v) is 12.8. The molecule has 0 radical (unpaired) electrons. The molecule has 5 heteroatoms. The summed E-state index contributed by atoms with van der Waals surface area (Å²) in [5.74, 6) is 0. The number of carbonyl (C=O) groups is 1. The van der Waals surface area contributed by atoms with Gasteiger partial charge in [0.2, 0.25) is 0 Å². The van der Waals surface area contributed by atoms with Crippen molar-refractivity contribution < 1.29 is 14.3 Å². The van der Waals surface area contributed by atoms with Gasteiger partial charge in [0.15, 0.2) is 0 Å². The third-order valence-electron chi connectivity index (χ3n) is 2.95. The number of amides is 1. The first-order valence-electron chi connectivity index (χ1n) is 7.13. The summed E-state index contributed by atoms with van der Waals surface area (Å²) < 4.78 is 10.6. The number of rotatable bonds is 6. The number of hydrogen-bond acceptors (Lipinski definition) is 4. The molecule has 0 spiro atoms. The number of ether oxygens (including phenoxy) is 2. The number of nitrogens with one attached hydrogen (secondary N) is 2. The average molecular weight is 272 g/mol. The highest BCUT2D eigenvalue weighted by atomic mass is 16.6. The van der Waals surface area contributed by atoms with Crippen LogP contribution in [0.1, 0.15) is 47.5 Å². The van der Waals surface area contributed by atoms with E-state index in [1.165, 1.54) is 0 Å². The van der Waals surface area contributed by atoms with E-state index in [0.29, 0.717) is 12.1 Å². The third kappa shape index (κ3) is 6.78. The lowest BCUT2D eigenvalue weighted by atomic mass is 9.86. The van der Waals surface area contributed by atoms with Crippen molar-refractivity contribution in [1.82, 2.24) is 10.6 Å². The first kappa shape index (κ1) is 16.2. The van der Waals surface area contributed by atoms with E-state index in [1.807, 2.05) is 27.7 Å². The number of hydrogen-bond donors (Lipinski definition) is 2. The molecular weight excluding hydrogens is 244 g/mol. The molecule has 5 nitrogen and oxygen atoms in total. The lowest BCUT2D eigenvalue weighted by Gasteiger charge is -2.38. The second kappa shape index (κ2) is 7.10. The van der Waals surface area contributed by atoms with Crippen LogP contribution in [0.2, 0.25) is 0 Å². The van der Waals surface area contributed by atoms with Crippen molar-refractivity contribution in [2.24, 2.45) is 0 Å². The standard InChI is InChI=1S/C14H28N2O3/c1-6-18-9-10(2)15-11-7-12(8-11)16-13(17)19-14(3,4)5/h10-12,15H,6-9H2,1-5H3,(H,16,17). The van der Waals surface area contributed by atoms with Gasteiger partial charge in [-0.15, -0.1) is 0 Å². The summed E-state index contributed by atoms with van der Waals surface area (Å²) in [4.78, 5) is 11.6. The van der Waals surface area contributed by atoms with Gasteiger partial charge in [0.05, 0.1) is 6.61 Å². The topological polar surface area (TPSA) is 59.6 Å². The van der Waals surface area contributed by atoms with Crippen molar-refractivity contribution in [2.45, 2.75) is 71.2 Å². The highest BCUT2D eigenvalue weighted by molar-refractivity contribution is 5.68. The second-order valence-corrected chi connectivity index (χ2v) is 6.24. The molecular formula is C14H28N2O3. The Morgan fingerprint density at radius 2 is 1.95 bits per heavy atom. The molecule has 0 aromatic heterocycles. The molecule has 2 N–H and O–H groups in total. The SMILES string of the molecule is CCOCC(C)NC1CC(NC(=O)OC(C)(C)C)C1. The van der Waals surface area contributed by atoms with Gasteiger partial charge >= 0.3 is 6.09 Å². The summed E-state index contributed by atoms with van der Waals surface area (Å²) in [6.07, 6.45) is 1.59. The van der Waals surface area contributed by atoms with Gasteiger partial charge in [-0.2, -0.15) is 0 Å². The minimum Gasteiger partial charge on any atom is -0.444 e. The van der Waals surface area contributed by atoms with E-state index in [-0.39, 0.29) is 12.1 Å². The van der Waals surface area contributed by atoms with Crippen LogP contribution in [0.3, 0.4) is 0 Å². The molecule has 0 aromatic rings. The van der Waals surface area contributed by atoms with Gasteiger partial charge in [0.25, 0.3) is 0 Å². The second-order valence-electron chi connectivity index (χ2n) is 6.24. The third-order valence-corrected chi connectivity index (χ3v) is 2.95. The molecule has 0 saturated heterocycles. The van der Waals surface area contributed by atoms with Crippen LogP contribution in [0.4, 0.5) is 4.79 Å². The van der Waals surface area contributed by atoms with E-state index >= 15 is 0 Å². The fourth-order valence-corrected chi connectivity index (χ4v) is 2.09. The Kier molecular flexibility index (Phi) is 6.07. The van der Waals surface area contributed by atoms with Crippen LogP contribution in [-0.4, -0.2) is 43.0 Å². The van der Waals surface area contributed by atoms with Crippen molar-refractivity contribution >= 4 is 6.09 Å². The lowest BCUT2D eigenvalue weighted by molar-refractivity contribution is 0.0456. The zero-order valence-electron chi connectivity index (χ0n) is 12.8. The smallest absolute Gasteiger partial charge is 0.407 e. The number of alkyl carbamates (subject to hydrolysis) is 1. The van der Waals surface area contributed by atoms with Crippen LogP contribution in [0, 0.1) is 0 Å². The Labute approximate surface area is 116 Å². The van der Waals surface area contributed by atoms with Crippen LogP contribution in [-0.2, 0) is 9.47 Å². The van der Waals surface area contributed by atoms with Gasteiger partial charge in [0, 0.05) is 24.7 Å². The van der Waals surface area contributed by atoms with E-state index in [0.717, 1.165) is 26.1 Å². The Balaban J connectivity index is 2.11. The molecule has 1 saturated carbocycles. The predicted octanol–water partition coefficient (Wildman–Crippen LogP) is 2.06. The van der Waals surface area contributed by atoms with Crippen LogP contribution in [0.5, 0.6) is 0 Å². The van der Waals surface area contributed by atoms with E-state index < -0.39 is 5.60 Å². The Morgan fingerprint density at radius 1 is 1.32 bits per heavy atom. The molecule has 0 aliphatic heterocycles. The van der Waals surface area contributed by atoms with Crippen LogP contribution < -0.4 is 10.6 Å². The van der Waals surface area contributed by atoms with Crippen molar-refractivity contribution in [1.29, 1.82) is 0 Å².